The van der Waals surface area contributed by atoms with Gasteiger partial charge in [0.2, 0.25) is 0 Å². The molecule has 25 heavy (non-hydrogen) atoms. The van der Waals surface area contributed by atoms with Gasteiger partial charge in [-0.3, -0.25) is 0 Å². The Bertz CT molecular complexity index is 865. The van der Waals surface area contributed by atoms with Crippen molar-refractivity contribution in [2.24, 2.45) is 0 Å². The van der Waals surface area contributed by atoms with Crippen LogP contribution >= 0.6 is 35.1 Å². The Morgan fingerprint density at radius 3 is 2.68 bits per heavy atom. The van der Waals surface area contributed by atoms with Crippen LogP contribution in [0.2, 0.25) is 10.0 Å². The number of anilines is 2. The predicted molar refractivity (Wildman–Crippen MR) is 102 cm³/mol. The minimum absolute atomic E-state index is 0.368. The quantitative estimate of drug-likeness (QED) is 0.528. The number of benzene rings is 2. The summed E-state index contributed by atoms with van der Waals surface area (Å²) < 4.78 is 17.3. The molecule has 0 amide bonds. The van der Waals surface area contributed by atoms with Crippen molar-refractivity contribution in [1.29, 1.82) is 0 Å². The molecular formula is C17H13Cl2FN4S. The molecule has 0 bridgehead atoms. The lowest BCUT2D eigenvalue weighted by Gasteiger charge is -2.12. The molecule has 0 aliphatic rings. The van der Waals surface area contributed by atoms with Crippen molar-refractivity contribution in [3.63, 3.8) is 0 Å². The van der Waals surface area contributed by atoms with Gasteiger partial charge in [-0.1, -0.05) is 41.4 Å². The Hall–Kier alpha value is -2.02. The van der Waals surface area contributed by atoms with Gasteiger partial charge >= 0.3 is 0 Å². The van der Waals surface area contributed by atoms with E-state index in [2.05, 4.69) is 20.0 Å². The van der Waals surface area contributed by atoms with Gasteiger partial charge in [-0.2, -0.15) is 0 Å². The second-order valence-corrected chi connectivity index (χ2v) is 6.67. The average molecular weight is 395 g/mol. The molecule has 2 N–H and O–H groups in total. The lowest BCUT2D eigenvalue weighted by molar-refractivity contribution is 0.602. The number of aromatic nitrogens is 2. The van der Waals surface area contributed by atoms with Gasteiger partial charge in [-0.05, 0) is 41.8 Å². The highest BCUT2D eigenvalue weighted by molar-refractivity contribution is 8.00. The molecule has 0 spiro atoms. The molecule has 0 atom stereocenters. The van der Waals surface area contributed by atoms with E-state index in [9.17, 15) is 4.39 Å². The summed E-state index contributed by atoms with van der Waals surface area (Å²) >= 11 is 13.5. The molecule has 1 aromatic heterocycles. The average Bonchev–Trinajstić information content (AvgIpc) is 2.63. The molecule has 0 radical (unpaired) electrons. The summed E-state index contributed by atoms with van der Waals surface area (Å²) in [4.78, 5) is 8.20. The van der Waals surface area contributed by atoms with Gasteiger partial charge in [0.15, 0.2) is 0 Å². The van der Waals surface area contributed by atoms with Gasteiger partial charge in [0.25, 0.3) is 0 Å². The highest BCUT2D eigenvalue weighted by atomic mass is 35.5. The van der Waals surface area contributed by atoms with Crippen LogP contribution in [-0.4, -0.2) is 9.97 Å². The maximum atomic E-state index is 14.3. The van der Waals surface area contributed by atoms with Crippen LogP contribution in [0.15, 0.2) is 59.9 Å². The number of nitrogens with zero attached hydrogens (tertiary/aromatic N) is 2. The SMILES string of the molecule is Fc1cc(NCc2ccccc2Cl)c(Cl)cc1SNc1ccncn1. The van der Waals surface area contributed by atoms with E-state index < -0.39 is 5.82 Å². The highest BCUT2D eigenvalue weighted by Crippen LogP contribution is 2.32. The van der Waals surface area contributed by atoms with Crippen LogP contribution in [0, 0.1) is 5.82 Å². The van der Waals surface area contributed by atoms with E-state index >= 15 is 0 Å². The third kappa shape index (κ3) is 4.75. The van der Waals surface area contributed by atoms with E-state index in [1.54, 1.807) is 24.4 Å². The van der Waals surface area contributed by atoms with E-state index in [1.165, 1.54) is 12.4 Å². The maximum Gasteiger partial charge on any atom is 0.140 e. The molecule has 4 nitrogen and oxygen atoms in total. The summed E-state index contributed by atoms with van der Waals surface area (Å²) in [6.45, 7) is 0.449. The van der Waals surface area contributed by atoms with Crippen LogP contribution in [-0.2, 0) is 6.54 Å². The van der Waals surface area contributed by atoms with Crippen LogP contribution in [0.5, 0.6) is 0 Å². The Morgan fingerprint density at radius 2 is 1.92 bits per heavy atom. The van der Waals surface area contributed by atoms with Gasteiger partial charge in [0.05, 0.1) is 15.6 Å². The van der Waals surface area contributed by atoms with E-state index in [-0.39, 0.29) is 0 Å². The Balaban J connectivity index is 1.68. The monoisotopic (exact) mass is 394 g/mol. The van der Waals surface area contributed by atoms with Gasteiger partial charge in [-0.15, -0.1) is 0 Å². The third-order valence-electron chi connectivity index (χ3n) is 3.30. The van der Waals surface area contributed by atoms with Crippen molar-refractivity contribution in [1.82, 2.24) is 9.97 Å². The van der Waals surface area contributed by atoms with Crippen molar-refractivity contribution in [3.8, 4) is 0 Å². The van der Waals surface area contributed by atoms with Crippen molar-refractivity contribution >= 4 is 46.7 Å². The Morgan fingerprint density at radius 1 is 1.08 bits per heavy atom. The molecule has 8 heteroatoms. The topological polar surface area (TPSA) is 49.8 Å². The fourth-order valence-electron chi connectivity index (χ4n) is 2.03. The molecule has 0 saturated carbocycles. The lowest BCUT2D eigenvalue weighted by Crippen LogP contribution is -2.02. The summed E-state index contributed by atoms with van der Waals surface area (Å²) in [6.07, 6.45) is 3.01. The Labute approximate surface area is 158 Å². The Kier molecular flexibility index (Phi) is 5.96. The number of hydrogen-bond donors (Lipinski definition) is 2. The first-order valence-corrected chi connectivity index (χ1v) is 8.86. The summed E-state index contributed by atoms with van der Waals surface area (Å²) in [6, 6.07) is 12.1. The molecular weight excluding hydrogens is 382 g/mol. The molecule has 0 unspecified atom stereocenters. The molecule has 128 valence electrons. The molecule has 2 aromatic carbocycles. The number of rotatable bonds is 6. The molecule has 0 aliphatic heterocycles. The molecule has 1 heterocycles. The van der Waals surface area contributed by atoms with Gasteiger partial charge in [0, 0.05) is 17.8 Å². The predicted octanol–water partition coefficient (Wildman–Crippen LogP) is 5.65. The molecule has 0 saturated heterocycles. The standard InChI is InChI=1S/C17H13Cl2FN4S/c18-12-4-2-1-3-11(12)9-22-15-8-14(20)16(7-13(15)19)25-24-17-5-6-21-10-23-17/h1-8,10,22H,9H2,(H,21,23,24). The summed E-state index contributed by atoms with van der Waals surface area (Å²) in [5.41, 5.74) is 1.41. The first kappa shape index (κ1) is 17.8. The van der Waals surface area contributed by atoms with Crippen LogP contribution in [0.3, 0.4) is 0 Å². The lowest BCUT2D eigenvalue weighted by atomic mass is 10.2. The van der Waals surface area contributed by atoms with E-state index in [0.717, 1.165) is 17.5 Å². The minimum atomic E-state index is -0.391. The van der Waals surface area contributed by atoms with E-state index in [0.29, 0.717) is 33.0 Å². The first-order chi connectivity index (χ1) is 12.1. The third-order valence-corrected chi connectivity index (χ3v) is 4.82. The zero-order valence-corrected chi connectivity index (χ0v) is 15.2. The second-order valence-electron chi connectivity index (χ2n) is 5.01. The van der Waals surface area contributed by atoms with Gasteiger partial charge in [0.1, 0.15) is 18.0 Å². The molecule has 3 rings (SSSR count). The van der Waals surface area contributed by atoms with Crippen LogP contribution in [0.4, 0.5) is 15.9 Å². The summed E-state index contributed by atoms with van der Waals surface area (Å²) in [5, 5.41) is 4.17. The second kappa shape index (κ2) is 8.38. The first-order valence-electron chi connectivity index (χ1n) is 7.28. The normalized spacial score (nSPS) is 10.5. The minimum Gasteiger partial charge on any atom is -0.380 e. The van der Waals surface area contributed by atoms with E-state index in [4.69, 9.17) is 23.2 Å². The fourth-order valence-corrected chi connectivity index (χ4v) is 3.20. The van der Waals surface area contributed by atoms with Gasteiger partial charge < -0.3 is 10.0 Å². The largest absolute Gasteiger partial charge is 0.380 e. The van der Waals surface area contributed by atoms with Crippen LogP contribution in [0.1, 0.15) is 5.56 Å². The van der Waals surface area contributed by atoms with Crippen molar-refractivity contribution < 1.29 is 4.39 Å². The molecule has 3 aromatic rings. The van der Waals surface area contributed by atoms with E-state index in [1.807, 2.05) is 18.2 Å². The van der Waals surface area contributed by atoms with Crippen LogP contribution in [0.25, 0.3) is 0 Å². The zero-order valence-electron chi connectivity index (χ0n) is 12.8. The molecule has 0 aliphatic carbocycles. The van der Waals surface area contributed by atoms with Crippen molar-refractivity contribution in [3.05, 3.63) is 76.4 Å². The van der Waals surface area contributed by atoms with Crippen molar-refractivity contribution in [2.75, 3.05) is 10.0 Å². The number of nitrogens with one attached hydrogen (secondary N) is 2. The fraction of sp³-hybridized carbons (Fsp3) is 0.0588. The zero-order chi connectivity index (χ0) is 17.6. The smallest absolute Gasteiger partial charge is 0.140 e. The molecule has 0 fully saturated rings. The van der Waals surface area contributed by atoms with Crippen molar-refractivity contribution in [2.45, 2.75) is 11.4 Å². The summed E-state index contributed by atoms with van der Waals surface area (Å²) in [7, 11) is 0. The summed E-state index contributed by atoms with van der Waals surface area (Å²) in [5.74, 6) is 0.189. The van der Waals surface area contributed by atoms with Crippen LogP contribution < -0.4 is 10.0 Å². The maximum absolute atomic E-state index is 14.3. The van der Waals surface area contributed by atoms with Gasteiger partial charge in [-0.25, -0.2) is 14.4 Å². The highest BCUT2D eigenvalue weighted by Gasteiger charge is 2.10. The number of halogens is 3. The number of hydrogen-bond acceptors (Lipinski definition) is 5.